The van der Waals surface area contributed by atoms with Gasteiger partial charge in [0.15, 0.2) is 0 Å². The van der Waals surface area contributed by atoms with E-state index >= 15 is 0 Å². The number of benzene rings is 1. The Morgan fingerprint density at radius 3 is 2.54 bits per heavy atom. The Bertz CT molecular complexity index is 286. The zero-order valence-electron chi connectivity index (χ0n) is 8.00. The molecule has 0 aliphatic rings. The van der Waals surface area contributed by atoms with Crippen molar-refractivity contribution in [3.8, 4) is 0 Å². The molecule has 0 aromatic heterocycles. The summed E-state index contributed by atoms with van der Waals surface area (Å²) in [5.41, 5.74) is 1.33. The highest BCUT2D eigenvalue weighted by molar-refractivity contribution is 9.10. The minimum absolute atomic E-state index is 0.552. The lowest BCUT2D eigenvalue weighted by Crippen LogP contribution is -1.88. The van der Waals surface area contributed by atoms with Gasteiger partial charge in [-0.25, -0.2) is 0 Å². The molecule has 0 saturated carbocycles. The topological polar surface area (TPSA) is 9.23 Å². The van der Waals surface area contributed by atoms with Crippen LogP contribution < -0.4 is 0 Å². The van der Waals surface area contributed by atoms with Crippen LogP contribution in [0.3, 0.4) is 0 Å². The van der Waals surface area contributed by atoms with Gasteiger partial charge in [-0.15, -0.1) is 0 Å². The molecule has 0 radical (unpaired) electrons. The first kappa shape index (κ1) is 11.1. The molecule has 13 heavy (non-hydrogen) atoms. The summed E-state index contributed by atoms with van der Waals surface area (Å²) in [4.78, 5) is 1.12. The van der Waals surface area contributed by atoms with E-state index in [2.05, 4.69) is 48.0 Å². The molecule has 1 aromatic carbocycles. The van der Waals surface area contributed by atoms with Crippen molar-refractivity contribution in [1.29, 1.82) is 0 Å². The van der Waals surface area contributed by atoms with Crippen molar-refractivity contribution < 1.29 is 4.18 Å². The number of halogens is 1. The second kappa shape index (κ2) is 5.03. The minimum Gasteiger partial charge on any atom is -0.314 e. The molecule has 0 spiro atoms. The van der Waals surface area contributed by atoms with Crippen molar-refractivity contribution >= 4 is 28.0 Å². The van der Waals surface area contributed by atoms with Gasteiger partial charge in [-0.1, -0.05) is 35.8 Å². The highest BCUT2D eigenvalue weighted by atomic mass is 79.9. The smallest absolute Gasteiger partial charge is 0.0508 e. The first-order valence-corrected chi connectivity index (χ1v) is 5.68. The van der Waals surface area contributed by atoms with Crippen molar-refractivity contribution in [2.24, 2.45) is 0 Å². The van der Waals surface area contributed by atoms with Crippen molar-refractivity contribution in [2.45, 2.75) is 24.7 Å². The largest absolute Gasteiger partial charge is 0.314 e. The molecule has 1 aromatic rings. The monoisotopic (exact) mass is 260 g/mol. The van der Waals surface area contributed by atoms with Crippen LogP contribution in [-0.4, -0.2) is 7.11 Å². The molecular weight excluding hydrogens is 248 g/mol. The van der Waals surface area contributed by atoms with E-state index in [-0.39, 0.29) is 0 Å². The molecule has 0 N–H and O–H groups in total. The van der Waals surface area contributed by atoms with E-state index in [1.807, 2.05) is 0 Å². The number of hydrogen-bond donors (Lipinski definition) is 0. The van der Waals surface area contributed by atoms with Gasteiger partial charge in [-0.2, -0.15) is 0 Å². The maximum absolute atomic E-state index is 4.98. The van der Waals surface area contributed by atoms with E-state index in [0.29, 0.717) is 5.92 Å². The summed E-state index contributed by atoms with van der Waals surface area (Å²) < 4.78 is 6.14. The van der Waals surface area contributed by atoms with Crippen molar-refractivity contribution in [3.63, 3.8) is 0 Å². The van der Waals surface area contributed by atoms with Crippen molar-refractivity contribution in [3.05, 3.63) is 28.2 Å². The van der Waals surface area contributed by atoms with Gasteiger partial charge in [-0.05, 0) is 23.6 Å². The van der Waals surface area contributed by atoms with Crippen LogP contribution in [-0.2, 0) is 4.18 Å². The van der Waals surface area contributed by atoms with Gasteiger partial charge in [0.25, 0.3) is 0 Å². The molecule has 72 valence electrons. The standard InChI is InChI=1S/C10H13BrOS/c1-7(2)9-5-4-8(13-12-3)6-10(9)11/h4-7H,1-3H3. The first-order chi connectivity index (χ1) is 6.15. The Kier molecular flexibility index (Phi) is 4.29. The summed E-state index contributed by atoms with van der Waals surface area (Å²) in [5, 5.41) is 0. The Balaban J connectivity index is 2.92. The van der Waals surface area contributed by atoms with E-state index in [1.165, 1.54) is 17.6 Å². The maximum atomic E-state index is 4.98. The van der Waals surface area contributed by atoms with E-state index in [1.54, 1.807) is 7.11 Å². The van der Waals surface area contributed by atoms with E-state index in [9.17, 15) is 0 Å². The van der Waals surface area contributed by atoms with E-state index < -0.39 is 0 Å². The third-order valence-electron chi connectivity index (χ3n) is 1.77. The Labute approximate surface area is 92.2 Å². The van der Waals surface area contributed by atoms with Crippen molar-refractivity contribution in [2.75, 3.05) is 7.11 Å². The lowest BCUT2D eigenvalue weighted by Gasteiger charge is -2.09. The maximum Gasteiger partial charge on any atom is 0.0508 e. The fraction of sp³-hybridized carbons (Fsp3) is 0.400. The molecule has 0 aliphatic heterocycles. The SMILES string of the molecule is COSc1ccc(C(C)C)c(Br)c1. The van der Waals surface area contributed by atoms with Gasteiger partial charge in [-0.3, -0.25) is 0 Å². The average molecular weight is 261 g/mol. The Morgan fingerprint density at radius 1 is 1.38 bits per heavy atom. The molecular formula is C10H13BrOS. The fourth-order valence-electron chi connectivity index (χ4n) is 1.12. The highest BCUT2D eigenvalue weighted by Crippen LogP contribution is 2.29. The molecule has 0 heterocycles. The number of hydrogen-bond acceptors (Lipinski definition) is 2. The molecule has 1 nitrogen and oxygen atoms in total. The highest BCUT2D eigenvalue weighted by Gasteiger charge is 2.05. The Hall–Kier alpha value is 0.01000. The Morgan fingerprint density at radius 2 is 2.08 bits per heavy atom. The van der Waals surface area contributed by atoms with Gasteiger partial charge in [0.2, 0.25) is 0 Å². The van der Waals surface area contributed by atoms with Crippen LogP contribution in [0, 0.1) is 0 Å². The normalized spacial score (nSPS) is 10.8. The van der Waals surface area contributed by atoms with Crippen LogP contribution >= 0.6 is 28.0 Å². The van der Waals surface area contributed by atoms with Crippen LogP contribution in [0.2, 0.25) is 0 Å². The predicted molar refractivity (Wildman–Crippen MR) is 61.1 cm³/mol. The molecule has 1 rings (SSSR count). The first-order valence-electron chi connectivity index (χ1n) is 4.15. The zero-order valence-corrected chi connectivity index (χ0v) is 10.4. The van der Waals surface area contributed by atoms with Crippen LogP contribution in [0.15, 0.2) is 27.6 Å². The third kappa shape index (κ3) is 3.01. The molecule has 0 atom stereocenters. The quantitative estimate of drug-likeness (QED) is 0.753. The van der Waals surface area contributed by atoms with Gasteiger partial charge in [0.1, 0.15) is 0 Å². The third-order valence-corrected chi connectivity index (χ3v) is 3.07. The van der Waals surface area contributed by atoms with E-state index in [0.717, 1.165) is 9.37 Å². The van der Waals surface area contributed by atoms with Crippen LogP contribution in [0.4, 0.5) is 0 Å². The molecule has 3 heteroatoms. The van der Waals surface area contributed by atoms with Gasteiger partial charge < -0.3 is 4.18 Å². The van der Waals surface area contributed by atoms with Gasteiger partial charge >= 0.3 is 0 Å². The summed E-state index contributed by atoms with van der Waals surface area (Å²) in [6.07, 6.45) is 0. The lowest BCUT2D eigenvalue weighted by molar-refractivity contribution is 0.490. The zero-order chi connectivity index (χ0) is 9.84. The van der Waals surface area contributed by atoms with E-state index in [4.69, 9.17) is 4.18 Å². The lowest BCUT2D eigenvalue weighted by atomic mass is 10.0. The second-order valence-corrected chi connectivity index (χ2v) is 4.91. The van der Waals surface area contributed by atoms with Crippen molar-refractivity contribution in [1.82, 2.24) is 0 Å². The van der Waals surface area contributed by atoms with Crippen LogP contribution in [0.25, 0.3) is 0 Å². The van der Waals surface area contributed by atoms with Gasteiger partial charge in [0.05, 0.1) is 7.11 Å². The minimum atomic E-state index is 0.552. The molecule has 0 saturated heterocycles. The molecule has 0 amide bonds. The molecule has 0 fully saturated rings. The molecule has 0 unspecified atom stereocenters. The summed E-state index contributed by atoms with van der Waals surface area (Å²) in [7, 11) is 1.68. The van der Waals surface area contributed by atoms with Crippen LogP contribution in [0.1, 0.15) is 25.3 Å². The second-order valence-electron chi connectivity index (χ2n) is 3.09. The summed E-state index contributed by atoms with van der Waals surface area (Å²) in [6.45, 7) is 4.37. The summed E-state index contributed by atoms with van der Waals surface area (Å²) in [6, 6.07) is 6.30. The fourth-order valence-corrected chi connectivity index (χ4v) is 2.59. The van der Waals surface area contributed by atoms with Crippen LogP contribution in [0.5, 0.6) is 0 Å². The summed E-state index contributed by atoms with van der Waals surface area (Å²) >= 11 is 4.93. The average Bonchev–Trinajstić information content (AvgIpc) is 2.04. The summed E-state index contributed by atoms with van der Waals surface area (Å²) in [5.74, 6) is 0.552. The molecule has 0 bridgehead atoms. The molecule has 0 aliphatic carbocycles. The van der Waals surface area contributed by atoms with Gasteiger partial charge in [0, 0.05) is 21.4 Å². The number of rotatable bonds is 3. The predicted octanol–water partition coefficient (Wildman–Crippen LogP) is 4.23.